The third-order valence-electron chi connectivity index (χ3n) is 0. The molecule has 0 amide bonds. The number of rotatable bonds is 0. The van der Waals surface area contributed by atoms with Crippen LogP contribution in [0.2, 0.25) is 0 Å². The van der Waals surface area contributed by atoms with Crippen molar-refractivity contribution in [2.45, 2.75) is 6.92 Å². The molecule has 0 aliphatic heterocycles. The Morgan fingerprint density at radius 2 is 1.80 bits per heavy atom. The van der Waals surface area contributed by atoms with Gasteiger partial charge >= 0.3 is 0 Å². The number of carbonyl (C=O) groups is 1. The largest absolute Gasteiger partial charge is 0.287 e. The molecule has 0 atom stereocenters. The van der Waals surface area contributed by atoms with Crippen LogP contribution in [-0.4, -0.2) is 4.69 Å². The molecule has 0 spiro atoms. The predicted molar refractivity (Wildman–Crippen MR) is 19.6 cm³/mol. The van der Waals surface area contributed by atoms with Crippen molar-refractivity contribution in [1.82, 2.24) is 0 Å². The van der Waals surface area contributed by atoms with Gasteiger partial charge in [0.25, 0.3) is 0 Å². The van der Waals surface area contributed by atoms with Gasteiger partial charge in [-0.3, -0.25) is 4.79 Å². The van der Waals surface area contributed by atoms with Crippen molar-refractivity contribution in [3.8, 4) is 0 Å². The molecule has 0 aromatic heterocycles. The summed E-state index contributed by atoms with van der Waals surface area (Å²) in [6, 6.07) is 0. The van der Waals surface area contributed by atoms with E-state index in [2.05, 4.69) is 15.9 Å². The van der Waals surface area contributed by atoms with Gasteiger partial charge in [0, 0.05) is 28.0 Å². The fraction of sp³-hybridized carbons (Fsp3) is 0.500. The Kier molecular flexibility index (Phi) is 8.98. The SMILES string of the molecule is CC(=O)Br.[Pt]. The summed E-state index contributed by atoms with van der Waals surface area (Å²) in [5, 5.41) is 0. The zero-order valence-electron chi connectivity index (χ0n) is 2.60. The summed E-state index contributed by atoms with van der Waals surface area (Å²) in [5.74, 6) is 0. The summed E-state index contributed by atoms with van der Waals surface area (Å²) >= 11 is 2.63. The van der Waals surface area contributed by atoms with E-state index in [1.54, 1.807) is 0 Å². The maximum Gasteiger partial charge on any atom is 0.194 e. The second kappa shape index (κ2) is 4.84. The second-order valence-electron chi connectivity index (χ2n) is 0.470. The minimum atomic E-state index is -0.0208. The Balaban J connectivity index is 0. The summed E-state index contributed by atoms with van der Waals surface area (Å²) in [7, 11) is 0. The molecule has 0 radical (unpaired) electrons. The van der Waals surface area contributed by atoms with Gasteiger partial charge in [-0.1, -0.05) is 0 Å². The summed E-state index contributed by atoms with van der Waals surface area (Å²) in [4.78, 5) is 9.36. The standard InChI is InChI=1S/C2H3BrO.Pt/c1-2(3)4;/h1H3;. The number of hydrogen-bond acceptors (Lipinski definition) is 1. The predicted octanol–water partition coefficient (Wildman–Crippen LogP) is 0.925. The molecule has 1 nitrogen and oxygen atoms in total. The van der Waals surface area contributed by atoms with E-state index in [4.69, 9.17) is 0 Å². The van der Waals surface area contributed by atoms with Crippen molar-refractivity contribution in [3.63, 3.8) is 0 Å². The molecule has 0 N–H and O–H groups in total. The van der Waals surface area contributed by atoms with Gasteiger partial charge in [0.05, 0.1) is 0 Å². The van der Waals surface area contributed by atoms with Crippen LogP contribution >= 0.6 is 15.9 Å². The zero-order valence-corrected chi connectivity index (χ0v) is 6.46. The normalized spacial score (nSPS) is 5.20. The van der Waals surface area contributed by atoms with Crippen LogP contribution < -0.4 is 0 Å². The second-order valence-corrected chi connectivity index (χ2v) is 1.59. The Labute approximate surface area is 53.5 Å². The van der Waals surface area contributed by atoms with Gasteiger partial charge in [0.1, 0.15) is 0 Å². The molecule has 0 unspecified atom stereocenters. The summed E-state index contributed by atoms with van der Waals surface area (Å²) < 4.78 is -0.0208. The zero-order chi connectivity index (χ0) is 3.58. The van der Waals surface area contributed by atoms with Gasteiger partial charge in [0.2, 0.25) is 0 Å². The molecule has 3 heteroatoms. The van der Waals surface area contributed by atoms with Crippen LogP contribution in [-0.2, 0) is 25.9 Å². The van der Waals surface area contributed by atoms with Crippen molar-refractivity contribution in [3.05, 3.63) is 0 Å². The Morgan fingerprint density at radius 1 is 1.80 bits per heavy atom. The van der Waals surface area contributed by atoms with Crippen LogP contribution in [0.25, 0.3) is 0 Å². The molecule has 0 fully saturated rings. The van der Waals surface area contributed by atoms with Gasteiger partial charge < -0.3 is 0 Å². The van der Waals surface area contributed by atoms with Crippen molar-refractivity contribution in [2.75, 3.05) is 0 Å². The minimum absolute atomic E-state index is 0. The van der Waals surface area contributed by atoms with E-state index in [0.717, 1.165) is 0 Å². The van der Waals surface area contributed by atoms with Gasteiger partial charge in [-0.25, -0.2) is 0 Å². The van der Waals surface area contributed by atoms with E-state index >= 15 is 0 Å². The van der Waals surface area contributed by atoms with Crippen molar-refractivity contribution < 1.29 is 25.9 Å². The average Bonchev–Trinajstić information content (AvgIpc) is 0.811. The average molecular weight is 318 g/mol. The summed E-state index contributed by atoms with van der Waals surface area (Å²) in [5.41, 5.74) is 0. The third-order valence-corrected chi connectivity index (χ3v) is 0. The molecule has 0 rings (SSSR count). The van der Waals surface area contributed by atoms with E-state index in [9.17, 15) is 4.79 Å². The van der Waals surface area contributed by atoms with E-state index in [1.165, 1.54) is 6.92 Å². The maximum absolute atomic E-state index is 9.36. The van der Waals surface area contributed by atoms with E-state index in [1.807, 2.05) is 0 Å². The van der Waals surface area contributed by atoms with Gasteiger partial charge in [-0.05, 0) is 15.9 Å². The van der Waals surface area contributed by atoms with Crippen molar-refractivity contribution in [1.29, 1.82) is 0 Å². The number of halogens is 1. The fourth-order valence-electron chi connectivity index (χ4n) is 0. The fourth-order valence-corrected chi connectivity index (χ4v) is 0. The molecule has 0 aliphatic rings. The number of hydrogen-bond donors (Lipinski definition) is 0. The van der Waals surface area contributed by atoms with Crippen LogP contribution in [0.15, 0.2) is 0 Å². The molecule has 0 saturated heterocycles. The molecule has 5 heavy (non-hydrogen) atoms. The summed E-state index contributed by atoms with van der Waals surface area (Å²) in [6.07, 6.45) is 0. The molecule has 34 valence electrons. The molecule has 0 bridgehead atoms. The van der Waals surface area contributed by atoms with Crippen LogP contribution in [0.5, 0.6) is 0 Å². The van der Waals surface area contributed by atoms with E-state index in [0.29, 0.717) is 0 Å². The van der Waals surface area contributed by atoms with Gasteiger partial charge in [0.15, 0.2) is 4.69 Å². The maximum atomic E-state index is 9.36. The van der Waals surface area contributed by atoms with Crippen LogP contribution in [0.3, 0.4) is 0 Å². The quantitative estimate of drug-likeness (QED) is 0.607. The van der Waals surface area contributed by atoms with Crippen LogP contribution in [0, 0.1) is 0 Å². The van der Waals surface area contributed by atoms with Crippen LogP contribution in [0.1, 0.15) is 6.92 Å². The first-order valence-corrected chi connectivity index (χ1v) is 1.69. The van der Waals surface area contributed by atoms with Crippen molar-refractivity contribution in [2.24, 2.45) is 0 Å². The molecule has 0 heterocycles. The summed E-state index contributed by atoms with van der Waals surface area (Å²) in [6.45, 7) is 1.44. The minimum Gasteiger partial charge on any atom is -0.287 e. The van der Waals surface area contributed by atoms with E-state index in [-0.39, 0.29) is 25.8 Å². The topological polar surface area (TPSA) is 17.1 Å². The molecule has 0 aromatic rings. The van der Waals surface area contributed by atoms with E-state index < -0.39 is 0 Å². The molecule has 0 saturated carbocycles. The first-order valence-electron chi connectivity index (χ1n) is 0.893. The first kappa shape index (κ1) is 9.28. The molecular formula is C2H3BrOPt. The van der Waals surface area contributed by atoms with Crippen LogP contribution in [0.4, 0.5) is 0 Å². The first-order chi connectivity index (χ1) is 1.73. The van der Waals surface area contributed by atoms with Crippen molar-refractivity contribution >= 4 is 20.6 Å². The third kappa shape index (κ3) is 55.5. The Hall–Kier alpha value is 0.838. The number of carbonyl (C=O) groups excluding carboxylic acids is 1. The smallest absolute Gasteiger partial charge is 0.194 e. The molecular weight excluding hydrogens is 315 g/mol. The Bertz CT molecular complexity index is 32.6. The molecule has 0 aromatic carbocycles. The molecule has 0 aliphatic carbocycles. The van der Waals surface area contributed by atoms with Gasteiger partial charge in [-0.2, -0.15) is 0 Å². The monoisotopic (exact) mass is 317 g/mol. The van der Waals surface area contributed by atoms with Gasteiger partial charge in [-0.15, -0.1) is 0 Å². The Morgan fingerprint density at radius 3 is 1.80 bits per heavy atom.